The van der Waals surface area contributed by atoms with E-state index in [0.717, 1.165) is 17.3 Å². The van der Waals surface area contributed by atoms with Crippen molar-refractivity contribution in [3.05, 3.63) is 64.1 Å². The van der Waals surface area contributed by atoms with Gasteiger partial charge in [0.05, 0.1) is 6.21 Å². The Kier molecular flexibility index (Phi) is 6.49. The van der Waals surface area contributed by atoms with Gasteiger partial charge >= 0.3 is 0 Å². The van der Waals surface area contributed by atoms with Gasteiger partial charge in [0.2, 0.25) is 11.8 Å². The Bertz CT molecular complexity index is 899. The molecular formula is C18H14Cl2N4O2S. The number of thioether (sulfide) groups is 1. The average molecular weight is 421 g/mol. The van der Waals surface area contributed by atoms with Crippen LogP contribution >= 0.6 is 35.0 Å². The highest BCUT2D eigenvalue weighted by molar-refractivity contribution is 8.15. The van der Waals surface area contributed by atoms with Crippen LogP contribution in [-0.4, -0.2) is 28.4 Å². The lowest BCUT2D eigenvalue weighted by Gasteiger charge is -2.08. The highest BCUT2D eigenvalue weighted by Gasteiger charge is 2.32. The Morgan fingerprint density at radius 3 is 2.59 bits per heavy atom. The van der Waals surface area contributed by atoms with Gasteiger partial charge in [-0.25, -0.2) is 0 Å². The van der Waals surface area contributed by atoms with Crippen molar-refractivity contribution in [1.29, 1.82) is 0 Å². The standard InChI is InChI=1S/C18H14Cl2N4O2S/c19-12-6-13(20)8-14(7-12)22-16(25)9-15-17(26)23-18(27-15)24-21-10-11-4-2-1-3-5-11/h1-8,10,15H,9H2,(H,22,25)(H,23,24,26)/b21-10+. The zero-order valence-electron chi connectivity index (χ0n) is 13.9. The molecule has 1 atom stereocenters. The summed E-state index contributed by atoms with van der Waals surface area (Å²) in [5, 5.41) is 13.8. The van der Waals surface area contributed by atoms with Crippen LogP contribution in [0.15, 0.2) is 58.7 Å². The minimum absolute atomic E-state index is 0.0119. The van der Waals surface area contributed by atoms with Crippen LogP contribution in [0.3, 0.4) is 0 Å². The molecule has 0 bridgehead atoms. The molecule has 2 N–H and O–H groups in total. The SMILES string of the molecule is O=C(CC1S/C(=N\N=C\c2ccccc2)NC1=O)Nc1cc(Cl)cc(Cl)c1. The van der Waals surface area contributed by atoms with Crippen molar-refractivity contribution in [3.8, 4) is 0 Å². The molecule has 1 heterocycles. The number of nitrogens with zero attached hydrogens (tertiary/aromatic N) is 2. The fourth-order valence-electron chi connectivity index (χ4n) is 2.28. The summed E-state index contributed by atoms with van der Waals surface area (Å²) in [5.41, 5.74) is 1.37. The van der Waals surface area contributed by atoms with Gasteiger partial charge in [0, 0.05) is 22.2 Å². The van der Waals surface area contributed by atoms with E-state index in [1.807, 2.05) is 30.3 Å². The summed E-state index contributed by atoms with van der Waals surface area (Å²) in [6, 6.07) is 14.2. The zero-order valence-corrected chi connectivity index (χ0v) is 16.2. The van der Waals surface area contributed by atoms with E-state index in [4.69, 9.17) is 23.2 Å². The zero-order chi connectivity index (χ0) is 19.2. The smallest absolute Gasteiger partial charge is 0.240 e. The number of amides is 2. The van der Waals surface area contributed by atoms with Gasteiger partial charge in [-0.15, -0.1) is 5.10 Å². The molecule has 1 aliphatic heterocycles. The third kappa shape index (κ3) is 5.82. The van der Waals surface area contributed by atoms with Crippen molar-refractivity contribution in [3.63, 3.8) is 0 Å². The predicted molar refractivity (Wildman–Crippen MR) is 111 cm³/mol. The van der Waals surface area contributed by atoms with Crippen molar-refractivity contribution >= 4 is 63.8 Å². The maximum absolute atomic E-state index is 12.2. The van der Waals surface area contributed by atoms with Crippen molar-refractivity contribution in [2.24, 2.45) is 10.2 Å². The second-order valence-corrected chi connectivity index (χ2v) is 7.63. The Morgan fingerprint density at radius 2 is 1.89 bits per heavy atom. The minimum atomic E-state index is -0.578. The van der Waals surface area contributed by atoms with E-state index in [0.29, 0.717) is 20.9 Å². The first-order valence-electron chi connectivity index (χ1n) is 7.89. The number of carbonyl (C=O) groups excluding carboxylic acids is 2. The van der Waals surface area contributed by atoms with E-state index in [-0.39, 0.29) is 18.2 Å². The van der Waals surface area contributed by atoms with Gasteiger partial charge in [-0.05, 0) is 23.8 Å². The first kappa shape index (κ1) is 19.4. The summed E-state index contributed by atoms with van der Waals surface area (Å²) in [7, 11) is 0. The van der Waals surface area contributed by atoms with Crippen molar-refractivity contribution in [2.45, 2.75) is 11.7 Å². The predicted octanol–water partition coefficient (Wildman–Crippen LogP) is 3.94. The Hall–Kier alpha value is -2.35. The molecule has 0 radical (unpaired) electrons. The van der Waals surface area contributed by atoms with Crippen LogP contribution in [0.2, 0.25) is 10.0 Å². The number of halogens is 2. The fraction of sp³-hybridized carbons (Fsp3) is 0.111. The number of amidine groups is 1. The van der Waals surface area contributed by atoms with Crippen molar-refractivity contribution < 1.29 is 9.59 Å². The molecule has 0 aliphatic carbocycles. The van der Waals surface area contributed by atoms with Crippen LogP contribution in [0.25, 0.3) is 0 Å². The topological polar surface area (TPSA) is 82.9 Å². The number of benzene rings is 2. The van der Waals surface area contributed by atoms with Crippen molar-refractivity contribution in [1.82, 2.24) is 5.32 Å². The monoisotopic (exact) mass is 420 g/mol. The summed E-state index contributed by atoms with van der Waals surface area (Å²) < 4.78 is 0. The number of anilines is 1. The lowest BCUT2D eigenvalue weighted by molar-refractivity contribution is -0.122. The molecule has 0 aromatic heterocycles. The van der Waals surface area contributed by atoms with E-state index < -0.39 is 5.25 Å². The van der Waals surface area contributed by atoms with Crippen LogP contribution in [0.5, 0.6) is 0 Å². The highest BCUT2D eigenvalue weighted by Crippen LogP contribution is 2.25. The average Bonchev–Trinajstić information content (AvgIpc) is 2.94. The van der Waals surface area contributed by atoms with E-state index >= 15 is 0 Å². The highest BCUT2D eigenvalue weighted by atomic mass is 35.5. The molecule has 6 nitrogen and oxygen atoms in total. The molecule has 138 valence electrons. The largest absolute Gasteiger partial charge is 0.326 e. The van der Waals surface area contributed by atoms with Crippen LogP contribution < -0.4 is 10.6 Å². The van der Waals surface area contributed by atoms with E-state index in [1.54, 1.807) is 24.4 Å². The number of carbonyl (C=O) groups is 2. The quantitative estimate of drug-likeness (QED) is 0.567. The third-order valence-electron chi connectivity index (χ3n) is 3.45. The van der Waals surface area contributed by atoms with Gasteiger partial charge in [-0.3, -0.25) is 9.59 Å². The summed E-state index contributed by atoms with van der Waals surface area (Å²) >= 11 is 13.0. The Balaban J connectivity index is 1.56. The summed E-state index contributed by atoms with van der Waals surface area (Å²) in [6.07, 6.45) is 1.57. The Morgan fingerprint density at radius 1 is 1.19 bits per heavy atom. The lowest BCUT2D eigenvalue weighted by atomic mass is 10.2. The number of hydrogen-bond donors (Lipinski definition) is 2. The number of rotatable bonds is 5. The maximum Gasteiger partial charge on any atom is 0.240 e. The molecule has 3 rings (SSSR count). The molecule has 1 saturated heterocycles. The van der Waals surface area contributed by atoms with Crippen LogP contribution in [-0.2, 0) is 9.59 Å². The van der Waals surface area contributed by atoms with Gasteiger partial charge in [-0.1, -0.05) is 65.3 Å². The van der Waals surface area contributed by atoms with E-state index in [9.17, 15) is 9.59 Å². The first-order valence-corrected chi connectivity index (χ1v) is 9.53. The molecule has 2 aromatic carbocycles. The van der Waals surface area contributed by atoms with Gasteiger partial charge in [-0.2, -0.15) is 5.10 Å². The van der Waals surface area contributed by atoms with Gasteiger partial charge in [0.15, 0.2) is 5.17 Å². The molecule has 0 spiro atoms. The normalized spacial score (nSPS) is 18.1. The molecule has 2 aromatic rings. The summed E-state index contributed by atoms with van der Waals surface area (Å²) in [5.74, 6) is -0.608. The van der Waals surface area contributed by atoms with Gasteiger partial charge in [0.1, 0.15) is 5.25 Å². The van der Waals surface area contributed by atoms with E-state index in [2.05, 4.69) is 20.8 Å². The van der Waals surface area contributed by atoms with Crippen LogP contribution in [0.1, 0.15) is 12.0 Å². The molecular weight excluding hydrogens is 407 g/mol. The molecule has 1 unspecified atom stereocenters. The first-order chi connectivity index (χ1) is 13.0. The lowest BCUT2D eigenvalue weighted by Crippen LogP contribution is -2.28. The number of hydrogen-bond acceptors (Lipinski definition) is 5. The maximum atomic E-state index is 12.2. The summed E-state index contributed by atoms with van der Waals surface area (Å²) in [6.45, 7) is 0. The van der Waals surface area contributed by atoms with E-state index in [1.165, 1.54) is 0 Å². The summed E-state index contributed by atoms with van der Waals surface area (Å²) in [4.78, 5) is 24.2. The van der Waals surface area contributed by atoms with Gasteiger partial charge in [0.25, 0.3) is 0 Å². The Labute approximate surface area is 170 Å². The molecule has 27 heavy (non-hydrogen) atoms. The second-order valence-electron chi connectivity index (χ2n) is 5.57. The number of nitrogens with one attached hydrogen (secondary N) is 2. The van der Waals surface area contributed by atoms with Crippen LogP contribution in [0.4, 0.5) is 5.69 Å². The molecule has 1 aliphatic rings. The second kappa shape index (κ2) is 9.03. The van der Waals surface area contributed by atoms with Gasteiger partial charge < -0.3 is 10.6 Å². The van der Waals surface area contributed by atoms with Crippen LogP contribution in [0, 0.1) is 0 Å². The molecule has 2 amide bonds. The third-order valence-corrected chi connectivity index (χ3v) is 4.96. The molecule has 9 heteroatoms. The molecule has 1 fully saturated rings. The fourth-order valence-corrected chi connectivity index (χ4v) is 3.73. The molecule has 0 saturated carbocycles. The minimum Gasteiger partial charge on any atom is -0.326 e. The van der Waals surface area contributed by atoms with Crippen molar-refractivity contribution in [2.75, 3.05) is 5.32 Å².